The Balaban J connectivity index is 3.30. The highest BCUT2D eigenvalue weighted by Gasteiger charge is 2.79. The third kappa shape index (κ3) is 4.42. The van der Waals surface area contributed by atoms with Crippen LogP contribution in [0, 0.1) is 6.92 Å². The average molecular weight is 419 g/mol. The summed E-state index contributed by atoms with van der Waals surface area (Å²) in [4.78, 5) is 11.5. The fraction of sp³-hybridized carbons (Fsp3) is 0.462. The molecule has 0 saturated carbocycles. The standard InChI is InChI=1S/C13H8F11NO2/c1-6-3-2-4-7(5-6)25-8(26)9(14,11(17,18)19)27-13(23,24)10(15,16)12(20,21)22/h2-5H,1H3,(H,25,26)/t9-/m1/s1. The number of ether oxygens (including phenoxy) is 1. The molecule has 14 heteroatoms. The van der Waals surface area contributed by atoms with Crippen molar-refractivity contribution in [3.8, 4) is 0 Å². The summed E-state index contributed by atoms with van der Waals surface area (Å²) < 4.78 is 142. The summed E-state index contributed by atoms with van der Waals surface area (Å²) in [5, 5.41) is 1.12. The van der Waals surface area contributed by atoms with Crippen LogP contribution in [0.4, 0.5) is 54.0 Å². The van der Waals surface area contributed by atoms with Crippen LogP contribution in [-0.2, 0) is 9.53 Å². The number of halogens is 11. The zero-order chi connectivity index (χ0) is 21.5. The van der Waals surface area contributed by atoms with Crippen LogP contribution in [0.3, 0.4) is 0 Å². The number of carbonyl (C=O) groups excluding carboxylic acids is 1. The van der Waals surface area contributed by atoms with Crippen LogP contribution >= 0.6 is 0 Å². The molecular formula is C13H8F11NO2. The van der Waals surface area contributed by atoms with Crippen molar-refractivity contribution in [1.29, 1.82) is 0 Å². The highest BCUT2D eigenvalue weighted by Crippen LogP contribution is 2.51. The minimum Gasteiger partial charge on any atom is -0.321 e. The first-order valence-corrected chi connectivity index (χ1v) is 6.51. The maximum absolute atomic E-state index is 14.0. The summed E-state index contributed by atoms with van der Waals surface area (Å²) in [5.41, 5.74) is -0.306. The van der Waals surface area contributed by atoms with Gasteiger partial charge in [0, 0.05) is 5.69 Å². The lowest BCUT2D eigenvalue weighted by Gasteiger charge is -2.34. The normalized spacial score (nSPS) is 16.0. The number of anilines is 1. The number of hydrogen-bond donors (Lipinski definition) is 1. The Hall–Kier alpha value is -2.12. The summed E-state index contributed by atoms with van der Waals surface area (Å²) in [5.74, 6) is -16.5. The Kier molecular flexibility index (Phi) is 5.77. The predicted octanol–water partition coefficient (Wildman–Crippen LogP) is 4.97. The first kappa shape index (κ1) is 22.9. The Morgan fingerprint density at radius 2 is 1.41 bits per heavy atom. The van der Waals surface area contributed by atoms with E-state index in [1.807, 2.05) is 0 Å². The third-order valence-corrected chi connectivity index (χ3v) is 2.92. The van der Waals surface area contributed by atoms with Gasteiger partial charge in [0.15, 0.2) is 0 Å². The van der Waals surface area contributed by atoms with Gasteiger partial charge in [-0.05, 0) is 24.6 Å². The van der Waals surface area contributed by atoms with E-state index in [2.05, 4.69) is 4.74 Å². The molecule has 1 atom stereocenters. The van der Waals surface area contributed by atoms with Crippen LogP contribution in [-0.4, -0.2) is 36.1 Å². The van der Waals surface area contributed by atoms with Gasteiger partial charge in [0.05, 0.1) is 0 Å². The van der Waals surface area contributed by atoms with Crippen LogP contribution < -0.4 is 5.32 Å². The Bertz CT molecular complexity index is 698. The monoisotopic (exact) mass is 419 g/mol. The van der Waals surface area contributed by atoms with E-state index in [0.717, 1.165) is 23.5 Å². The number of benzene rings is 1. The molecule has 0 saturated heterocycles. The minimum atomic E-state index is -7.23. The molecule has 3 nitrogen and oxygen atoms in total. The van der Waals surface area contributed by atoms with Crippen LogP contribution in [0.15, 0.2) is 24.3 Å². The van der Waals surface area contributed by atoms with Crippen LogP contribution in [0.2, 0.25) is 0 Å². The van der Waals surface area contributed by atoms with Gasteiger partial charge in [-0.15, -0.1) is 0 Å². The van der Waals surface area contributed by atoms with Gasteiger partial charge in [0.1, 0.15) is 0 Å². The number of hydrogen-bond acceptors (Lipinski definition) is 2. The first-order valence-electron chi connectivity index (χ1n) is 6.51. The molecule has 0 aliphatic rings. The smallest absolute Gasteiger partial charge is 0.321 e. The van der Waals surface area contributed by atoms with Crippen molar-refractivity contribution in [2.45, 2.75) is 37.2 Å². The first-order chi connectivity index (χ1) is 11.8. The predicted molar refractivity (Wildman–Crippen MR) is 66.7 cm³/mol. The van der Waals surface area contributed by atoms with Crippen LogP contribution in [0.5, 0.6) is 0 Å². The fourth-order valence-corrected chi connectivity index (χ4v) is 1.57. The summed E-state index contributed by atoms with van der Waals surface area (Å²) in [6.07, 6.45) is -20.9. The summed E-state index contributed by atoms with van der Waals surface area (Å²) >= 11 is 0. The molecule has 1 aromatic carbocycles. The molecule has 1 rings (SSSR count). The minimum absolute atomic E-state index is 0.291. The largest absolute Gasteiger partial charge is 0.462 e. The Morgan fingerprint density at radius 3 is 1.81 bits per heavy atom. The highest BCUT2D eigenvalue weighted by atomic mass is 19.4. The Labute approximate surface area is 143 Å². The second-order valence-electron chi connectivity index (χ2n) is 5.11. The van der Waals surface area contributed by atoms with E-state index in [9.17, 15) is 53.1 Å². The molecule has 154 valence electrons. The average Bonchev–Trinajstić information content (AvgIpc) is 2.44. The molecule has 0 aliphatic carbocycles. The SMILES string of the molecule is Cc1cccc(NC(=O)[C@@](F)(OC(F)(F)C(F)(F)C(F)(F)F)C(F)(F)F)c1. The molecule has 0 aromatic heterocycles. The van der Waals surface area contributed by atoms with Gasteiger partial charge in [-0.1, -0.05) is 12.1 Å². The number of amides is 1. The van der Waals surface area contributed by atoms with Crippen molar-refractivity contribution >= 4 is 11.6 Å². The molecule has 0 radical (unpaired) electrons. The second kappa shape index (κ2) is 6.80. The van der Waals surface area contributed by atoms with Gasteiger partial charge in [0.25, 0.3) is 5.91 Å². The molecule has 27 heavy (non-hydrogen) atoms. The molecule has 1 aromatic rings. The van der Waals surface area contributed by atoms with Crippen molar-refractivity contribution < 1.29 is 57.8 Å². The summed E-state index contributed by atoms with van der Waals surface area (Å²) in [7, 11) is 0. The molecule has 0 heterocycles. The van der Waals surface area contributed by atoms with Crippen molar-refractivity contribution in [2.24, 2.45) is 0 Å². The number of aryl methyl sites for hydroxylation is 1. The van der Waals surface area contributed by atoms with Gasteiger partial charge in [-0.3, -0.25) is 9.53 Å². The van der Waals surface area contributed by atoms with Crippen LogP contribution in [0.1, 0.15) is 5.56 Å². The molecular weight excluding hydrogens is 411 g/mol. The molecule has 0 unspecified atom stereocenters. The second-order valence-corrected chi connectivity index (χ2v) is 5.11. The number of nitrogens with one attached hydrogen (secondary N) is 1. The molecule has 0 bridgehead atoms. The summed E-state index contributed by atoms with van der Waals surface area (Å²) in [6, 6.07) is 4.28. The Morgan fingerprint density at radius 1 is 0.889 bits per heavy atom. The van der Waals surface area contributed by atoms with Crippen molar-refractivity contribution in [3.63, 3.8) is 0 Å². The van der Waals surface area contributed by atoms with Gasteiger partial charge < -0.3 is 5.32 Å². The number of alkyl halides is 11. The number of carbonyl (C=O) groups is 1. The molecule has 0 spiro atoms. The van der Waals surface area contributed by atoms with E-state index in [4.69, 9.17) is 0 Å². The molecule has 0 fully saturated rings. The third-order valence-electron chi connectivity index (χ3n) is 2.92. The molecule has 1 N–H and O–H groups in total. The topological polar surface area (TPSA) is 38.3 Å². The van der Waals surface area contributed by atoms with E-state index < -0.39 is 41.8 Å². The van der Waals surface area contributed by atoms with Crippen molar-refractivity contribution in [1.82, 2.24) is 0 Å². The zero-order valence-electron chi connectivity index (χ0n) is 12.8. The molecule has 1 amide bonds. The lowest BCUT2D eigenvalue weighted by Crippen LogP contribution is -2.62. The number of rotatable bonds is 5. The fourth-order valence-electron chi connectivity index (χ4n) is 1.57. The van der Waals surface area contributed by atoms with Crippen molar-refractivity contribution in [2.75, 3.05) is 5.32 Å². The highest BCUT2D eigenvalue weighted by molar-refractivity contribution is 5.96. The van der Waals surface area contributed by atoms with E-state index in [-0.39, 0.29) is 0 Å². The van der Waals surface area contributed by atoms with E-state index in [0.29, 0.717) is 5.56 Å². The van der Waals surface area contributed by atoms with Gasteiger partial charge in [0.2, 0.25) is 0 Å². The van der Waals surface area contributed by atoms with E-state index in [1.165, 1.54) is 13.0 Å². The van der Waals surface area contributed by atoms with E-state index >= 15 is 0 Å². The molecule has 0 aliphatic heterocycles. The maximum Gasteiger partial charge on any atom is 0.462 e. The lowest BCUT2D eigenvalue weighted by atomic mass is 10.2. The van der Waals surface area contributed by atoms with Gasteiger partial charge in [-0.2, -0.15) is 48.3 Å². The lowest BCUT2D eigenvalue weighted by molar-refractivity contribution is -0.472. The van der Waals surface area contributed by atoms with Gasteiger partial charge in [-0.25, -0.2) is 0 Å². The van der Waals surface area contributed by atoms with E-state index in [1.54, 1.807) is 0 Å². The zero-order valence-corrected chi connectivity index (χ0v) is 12.8. The summed E-state index contributed by atoms with van der Waals surface area (Å²) in [6.45, 7) is 1.36. The van der Waals surface area contributed by atoms with Crippen LogP contribution in [0.25, 0.3) is 0 Å². The quantitative estimate of drug-likeness (QED) is 0.685. The van der Waals surface area contributed by atoms with Gasteiger partial charge >= 0.3 is 30.2 Å². The maximum atomic E-state index is 14.0. The van der Waals surface area contributed by atoms with Crippen molar-refractivity contribution in [3.05, 3.63) is 29.8 Å².